The number of hydrogen-bond donors (Lipinski definition) is 1. The molecule has 0 aliphatic heterocycles. The first-order chi connectivity index (χ1) is 10.5. The summed E-state index contributed by atoms with van der Waals surface area (Å²) in [6.07, 6.45) is 3.96. The molecule has 3 rings (SSSR count). The van der Waals surface area contributed by atoms with Crippen LogP contribution >= 0.6 is 0 Å². The van der Waals surface area contributed by atoms with Gasteiger partial charge in [-0.25, -0.2) is 0 Å². The lowest BCUT2D eigenvalue weighted by molar-refractivity contribution is -0.132. The Morgan fingerprint density at radius 1 is 1.27 bits per heavy atom. The van der Waals surface area contributed by atoms with Crippen LogP contribution in [0.2, 0.25) is 0 Å². The molecular formula is C19H27NO2. The third-order valence-corrected chi connectivity index (χ3v) is 6.06. The molecule has 3 nitrogen and oxygen atoms in total. The van der Waals surface area contributed by atoms with Crippen LogP contribution in [0.1, 0.15) is 45.1 Å². The van der Waals surface area contributed by atoms with E-state index in [9.17, 15) is 4.79 Å². The standard InChI is InChI=1S/C19H27NO2/c1-3-22-12-15-10-18(16-7-5-4-6-8-16)9-14(2)19(11-15,13-18)17(20)21/h4-8,14-15H,3,9-13H2,1-2H3,(H2,20,21). The van der Waals surface area contributed by atoms with Gasteiger partial charge in [0.2, 0.25) is 5.91 Å². The summed E-state index contributed by atoms with van der Waals surface area (Å²) >= 11 is 0. The van der Waals surface area contributed by atoms with Gasteiger partial charge in [0.15, 0.2) is 0 Å². The molecule has 2 aliphatic rings. The van der Waals surface area contributed by atoms with Gasteiger partial charge in [-0.1, -0.05) is 37.3 Å². The van der Waals surface area contributed by atoms with Gasteiger partial charge in [0.1, 0.15) is 0 Å². The molecule has 3 heteroatoms. The van der Waals surface area contributed by atoms with Gasteiger partial charge < -0.3 is 10.5 Å². The van der Waals surface area contributed by atoms with Crippen molar-refractivity contribution in [3.63, 3.8) is 0 Å². The summed E-state index contributed by atoms with van der Waals surface area (Å²) in [7, 11) is 0. The molecule has 2 N–H and O–H groups in total. The normalized spacial score (nSPS) is 37.2. The number of hydrogen-bond acceptors (Lipinski definition) is 2. The highest BCUT2D eigenvalue weighted by Crippen LogP contribution is 2.63. The Morgan fingerprint density at radius 2 is 2.00 bits per heavy atom. The van der Waals surface area contributed by atoms with Crippen LogP contribution in [0.25, 0.3) is 0 Å². The van der Waals surface area contributed by atoms with E-state index in [2.05, 4.69) is 37.3 Å². The molecule has 0 aromatic heterocycles. The smallest absolute Gasteiger partial charge is 0.223 e. The first-order valence-electron chi connectivity index (χ1n) is 8.45. The highest BCUT2D eigenvalue weighted by Gasteiger charge is 2.60. The monoisotopic (exact) mass is 301 g/mol. The zero-order valence-electron chi connectivity index (χ0n) is 13.7. The molecule has 4 unspecified atom stereocenters. The number of benzene rings is 1. The maximum Gasteiger partial charge on any atom is 0.223 e. The molecule has 0 saturated heterocycles. The van der Waals surface area contributed by atoms with Crippen LogP contribution in [0, 0.1) is 17.3 Å². The molecule has 1 amide bonds. The van der Waals surface area contributed by atoms with Crippen LogP contribution in [-0.4, -0.2) is 19.1 Å². The predicted octanol–water partition coefficient (Wildman–Crippen LogP) is 3.27. The highest BCUT2D eigenvalue weighted by atomic mass is 16.5. The van der Waals surface area contributed by atoms with Crippen LogP contribution in [-0.2, 0) is 14.9 Å². The van der Waals surface area contributed by atoms with Crippen LogP contribution in [0.3, 0.4) is 0 Å². The quantitative estimate of drug-likeness (QED) is 0.907. The predicted molar refractivity (Wildman–Crippen MR) is 87.4 cm³/mol. The average Bonchev–Trinajstić information content (AvgIpc) is 2.74. The van der Waals surface area contributed by atoms with E-state index >= 15 is 0 Å². The molecule has 2 aliphatic carbocycles. The summed E-state index contributed by atoms with van der Waals surface area (Å²) < 4.78 is 5.69. The van der Waals surface area contributed by atoms with Crippen molar-refractivity contribution in [2.24, 2.45) is 23.0 Å². The van der Waals surface area contributed by atoms with Crippen LogP contribution in [0.4, 0.5) is 0 Å². The molecule has 1 aromatic rings. The van der Waals surface area contributed by atoms with Crippen LogP contribution in [0.15, 0.2) is 30.3 Å². The van der Waals surface area contributed by atoms with E-state index in [1.807, 2.05) is 6.92 Å². The highest BCUT2D eigenvalue weighted by molar-refractivity contribution is 5.82. The van der Waals surface area contributed by atoms with Crippen molar-refractivity contribution in [1.29, 1.82) is 0 Å². The second-order valence-corrected chi connectivity index (χ2v) is 7.38. The van der Waals surface area contributed by atoms with E-state index < -0.39 is 0 Å². The molecule has 2 fully saturated rings. The fourth-order valence-electron chi connectivity index (χ4n) is 5.16. The molecule has 0 radical (unpaired) electrons. The molecule has 22 heavy (non-hydrogen) atoms. The van der Waals surface area contributed by atoms with E-state index in [0.29, 0.717) is 11.8 Å². The molecule has 2 bridgehead atoms. The summed E-state index contributed by atoms with van der Waals surface area (Å²) in [5, 5.41) is 0. The van der Waals surface area contributed by atoms with Crippen molar-refractivity contribution in [2.45, 2.75) is 44.9 Å². The van der Waals surface area contributed by atoms with Gasteiger partial charge in [-0.3, -0.25) is 4.79 Å². The Labute approximate surface area is 133 Å². The van der Waals surface area contributed by atoms with Gasteiger partial charge in [0.05, 0.1) is 5.41 Å². The van der Waals surface area contributed by atoms with Gasteiger partial charge >= 0.3 is 0 Å². The van der Waals surface area contributed by atoms with Crippen molar-refractivity contribution in [3.8, 4) is 0 Å². The second-order valence-electron chi connectivity index (χ2n) is 7.38. The molecule has 0 spiro atoms. The topological polar surface area (TPSA) is 52.3 Å². The fourth-order valence-corrected chi connectivity index (χ4v) is 5.16. The van der Waals surface area contributed by atoms with E-state index in [0.717, 1.165) is 38.9 Å². The molecule has 0 heterocycles. The third-order valence-electron chi connectivity index (χ3n) is 6.06. The van der Waals surface area contributed by atoms with Gasteiger partial charge in [0.25, 0.3) is 0 Å². The number of carbonyl (C=O) groups excluding carboxylic acids is 1. The van der Waals surface area contributed by atoms with Crippen molar-refractivity contribution in [2.75, 3.05) is 13.2 Å². The maximum atomic E-state index is 12.3. The minimum atomic E-state index is -0.351. The van der Waals surface area contributed by atoms with Crippen molar-refractivity contribution in [1.82, 2.24) is 0 Å². The Hall–Kier alpha value is -1.35. The van der Waals surface area contributed by atoms with Gasteiger partial charge in [-0.2, -0.15) is 0 Å². The van der Waals surface area contributed by atoms with Crippen LogP contribution in [0.5, 0.6) is 0 Å². The zero-order valence-corrected chi connectivity index (χ0v) is 13.7. The number of primary amides is 1. The van der Waals surface area contributed by atoms with Crippen molar-refractivity contribution in [3.05, 3.63) is 35.9 Å². The summed E-state index contributed by atoms with van der Waals surface area (Å²) in [6, 6.07) is 10.7. The molecule has 4 atom stereocenters. The molecule has 2 saturated carbocycles. The summed E-state index contributed by atoms with van der Waals surface area (Å²) in [5.41, 5.74) is 6.99. The minimum absolute atomic E-state index is 0.0930. The molecule has 120 valence electrons. The number of rotatable bonds is 5. The lowest BCUT2D eigenvalue weighted by Crippen LogP contribution is -2.46. The number of carbonyl (C=O) groups is 1. The fraction of sp³-hybridized carbons (Fsp3) is 0.632. The third kappa shape index (κ3) is 2.36. The lowest BCUT2D eigenvalue weighted by Gasteiger charge is -2.43. The van der Waals surface area contributed by atoms with E-state index in [4.69, 9.17) is 10.5 Å². The van der Waals surface area contributed by atoms with E-state index in [1.165, 1.54) is 5.56 Å². The summed E-state index contributed by atoms with van der Waals surface area (Å²) in [5.74, 6) is 0.655. The van der Waals surface area contributed by atoms with Gasteiger partial charge in [0, 0.05) is 13.2 Å². The van der Waals surface area contributed by atoms with E-state index in [1.54, 1.807) is 0 Å². The van der Waals surface area contributed by atoms with E-state index in [-0.39, 0.29) is 16.7 Å². The Kier molecular flexibility index (Phi) is 4.02. The number of nitrogens with two attached hydrogens (primary N) is 1. The number of ether oxygens (including phenoxy) is 1. The van der Waals surface area contributed by atoms with Gasteiger partial charge in [-0.15, -0.1) is 0 Å². The number of fused-ring (bicyclic) bond motifs is 2. The zero-order chi connectivity index (χ0) is 15.8. The Morgan fingerprint density at radius 3 is 2.64 bits per heavy atom. The maximum absolute atomic E-state index is 12.3. The van der Waals surface area contributed by atoms with Crippen molar-refractivity contribution >= 4 is 5.91 Å². The minimum Gasteiger partial charge on any atom is -0.381 e. The second kappa shape index (κ2) is 5.69. The van der Waals surface area contributed by atoms with Crippen LogP contribution < -0.4 is 5.73 Å². The largest absolute Gasteiger partial charge is 0.381 e. The first kappa shape index (κ1) is 15.5. The number of amides is 1. The summed E-state index contributed by atoms with van der Waals surface area (Å²) in [6.45, 7) is 5.70. The average molecular weight is 301 g/mol. The summed E-state index contributed by atoms with van der Waals surface area (Å²) in [4.78, 5) is 12.3. The van der Waals surface area contributed by atoms with Gasteiger partial charge in [-0.05, 0) is 55.4 Å². The first-order valence-corrected chi connectivity index (χ1v) is 8.45. The SMILES string of the molecule is CCOCC1CC2(c3ccccc3)CC(C)C(C(N)=O)(C1)C2. The molecule has 1 aromatic carbocycles. The van der Waals surface area contributed by atoms with Crippen molar-refractivity contribution < 1.29 is 9.53 Å². The Bertz CT molecular complexity index is 544. The lowest BCUT2D eigenvalue weighted by atomic mass is 9.61. The Balaban J connectivity index is 1.98. The molecular weight excluding hydrogens is 274 g/mol.